The molecule has 0 amide bonds. The first-order valence-electron chi connectivity index (χ1n) is 9.53. The lowest BCUT2D eigenvalue weighted by Crippen LogP contribution is -2.30. The van der Waals surface area contributed by atoms with Gasteiger partial charge in [-0.3, -0.25) is 0 Å². The lowest BCUT2D eigenvalue weighted by Gasteiger charge is -2.30. The Labute approximate surface area is 157 Å². The fourth-order valence-corrected chi connectivity index (χ4v) is 3.85. The van der Waals surface area contributed by atoms with Crippen molar-refractivity contribution in [1.82, 2.24) is 0 Å². The highest BCUT2D eigenvalue weighted by Gasteiger charge is 2.33. The van der Waals surface area contributed by atoms with Crippen LogP contribution < -0.4 is 0 Å². The van der Waals surface area contributed by atoms with E-state index in [1.54, 1.807) is 0 Å². The third-order valence-electron chi connectivity index (χ3n) is 4.71. The molecule has 2 unspecified atom stereocenters. The largest absolute Gasteiger partial charge is 0.379 e. The molecule has 2 fully saturated rings. The molecule has 3 nitrogen and oxygen atoms in total. The first-order valence-corrected chi connectivity index (χ1v) is 10.3. The molecule has 2 aliphatic rings. The summed E-state index contributed by atoms with van der Waals surface area (Å²) in [5.74, 6) is 0. The third-order valence-corrected chi connectivity index (χ3v) is 5.36. The van der Waals surface area contributed by atoms with Crippen molar-refractivity contribution >= 4 is 23.2 Å². The van der Waals surface area contributed by atoms with Crippen molar-refractivity contribution in [2.45, 2.75) is 93.6 Å². The standard InChI is InChI=1S/C19H32Cl2O3/c1-2-12-19(20,21)14-18-23-16-9-5-3-4-6-11-17(24-18)15-22-13-8-7-10-16/h16-17H,1-15H2. The predicted molar refractivity (Wildman–Crippen MR) is 99.0 cm³/mol. The number of halogens is 2. The first-order chi connectivity index (χ1) is 11.6. The van der Waals surface area contributed by atoms with Crippen LogP contribution in [0.1, 0.15) is 77.0 Å². The number of fused-ring (bicyclic) bond motifs is 4. The molecule has 0 aromatic rings. The minimum absolute atomic E-state index is 0.0285. The van der Waals surface area contributed by atoms with Gasteiger partial charge in [0.2, 0.25) is 6.29 Å². The highest BCUT2D eigenvalue weighted by atomic mass is 35.5. The zero-order chi connectivity index (χ0) is 17.3. The highest BCUT2D eigenvalue weighted by molar-refractivity contribution is 6.48. The van der Waals surface area contributed by atoms with Crippen LogP contribution in [0.5, 0.6) is 0 Å². The van der Waals surface area contributed by atoms with Gasteiger partial charge in [-0.2, -0.15) is 0 Å². The zero-order valence-electron chi connectivity index (χ0n) is 14.7. The van der Waals surface area contributed by atoms with Gasteiger partial charge in [0, 0.05) is 13.0 Å². The van der Waals surface area contributed by atoms with Crippen LogP contribution in [0.25, 0.3) is 0 Å². The van der Waals surface area contributed by atoms with Gasteiger partial charge < -0.3 is 14.2 Å². The summed E-state index contributed by atoms with van der Waals surface area (Å²) < 4.78 is 17.4. The number of ether oxygens (including phenoxy) is 3. The maximum atomic E-state index is 6.44. The van der Waals surface area contributed by atoms with E-state index in [1.165, 1.54) is 19.3 Å². The van der Waals surface area contributed by atoms with Crippen molar-refractivity contribution < 1.29 is 14.2 Å². The molecule has 24 heavy (non-hydrogen) atoms. The summed E-state index contributed by atoms with van der Waals surface area (Å²) >= 11 is 12.9. The number of alkyl halides is 2. The molecule has 2 rings (SSSR count). The van der Waals surface area contributed by atoms with Gasteiger partial charge in [-0.05, 0) is 38.5 Å². The summed E-state index contributed by atoms with van der Waals surface area (Å²) in [6.07, 6.45) is 12.7. The molecule has 2 bridgehead atoms. The number of hydrogen-bond acceptors (Lipinski definition) is 3. The highest BCUT2D eigenvalue weighted by Crippen LogP contribution is 2.38. The van der Waals surface area contributed by atoms with Gasteiger partial charge in [0.05, 0.1) is 18.8 Å². The Balaban J connectivity index is 2.09. The first kappa shape index (κ1) is 20.8. The molecular formula is C19H32Cl2O3. The molecule has 140 valence electrons. The van der Waals surface area contributed by atoms with E-state index in [0.29, 0.717) is 32.2 Å². The summed E-state index contributed by atoms with van der Waals surface area (Å²) in [5, 5.41) is 0. The van der Waals surface area contributed by atoms with Gasteiger partial charge >= 0.3 is 0 Å². The topological polar surface area (TPSA) is 27.7 Å². The molecular weight excluding hydrogens is 347 g/mol. The van der Waals surface area contributed by atoms with Crippen molar-refractivity contribution in [2.24, 2.45) is 0 Å². The third kappa shape index (κ3) is 8.23. The molecule has 2 atom stereocenters. The van der Waals surface area contributed by atoms with Gasteiger partial charge in [0.25, 0.3) is 0 Å². The van der Waals surface area contributed by atoms with Crippen LogP contribution >= 0.6 is 23.2 Å². The molecule has 0 spiro atoms. The Morgan fingerprint density at radius 1 is 0.917 bits per heavy atom. The van der Waals surface area contributed by atoms with E-state index in [1.807, 2.05) is 0 Å². The van der Waals surface area contributed by atoms with E-state index in [-0.39, 0.29) is 12.2 Å². The molecule has 0 aromatic carbocycles. The zero-order valence-corrected chi connectivity index (χ0v) is 16.3. The van der Waals surface area contributed by atoms with E-state index in [9.17, 15) is 0 Å². The Kier molecular flexibility index (Phi) is 9.72. The molecule has 0 aromatic heterocycles. The average Bonchev–Trinajstić information content (AvgIpc) is 2.58. The molecule has 0 N–H and O–H groups in total. The summed E-state index contributed by atoms with van der Waals surface area (Å²) in [6, 6.07) is 0. The van der Waals surface area contributed by atoms with Crippen LogP contribution in [0.4, 0.5) is 0 Å². The molecule has 2 saturated heterocycles. The smallest absolute Gasteiger partial charge is 0.227 e. The van der Waals surface area contributed by atoms with Crippen LogP contribution in [0.15, 0.2) is 0 Å². The maximum Gasteiger partial charge on any atom is 0.227 e. The van der Waals surface area contributed by atoms with Gasteiger partial charge in [0.1, 0.15) is 4.33 Å². The van der Waals surface area contributed by atoms with Crippen LogP contribution in [0.2, 0.25) is 0 Å². The Morgan fingerprint density at radius 3 is 2.25 bits per heavy atom. The van der Waals surface area contributed by atoms with Crippen LogP contribution in [0.3, 0.4) is 0 Å². The van der Waals surface area contributed by atoms with E-state index in [2.05, 4.69) is 6.92 Å². The minimum Gasteiger partial charge on any atom is -0.379 e. The lowest BCUT2D eigenvalue weighted by molar-refractivity contribution is -0.130. The summed E-state index contributed by atoms with van der Waals surface area (Å²) in [6.45, 7) is 5.27. The predicted octanol–water partition coefficient (Wildman–Crippen LogP) is 5.98. The average molecular weight is 379 g/mol. The summed E-state index contributed by atoms with van der Waals surface area (Å²) in [5.41, 5.74) is 0. The maximum absolute atomic E-state index is 6.44. The molecule has 0 aliphatic carbocycles. The van der Waals surface area contributed by atoms with Crippen LogP contribution in [-0.4, -0.2) is 29.8 Å². The second-order valence-corrected chi connectivity index (χ2v) is 8.69. The molecule has 0 saturated carbocycles. The molecule has 2 heterocycles. The summed E-state index contributed by atoms with van der Waals surface area (Å²) in [4.78, 5) is 0. The van der Waals surface area contributed by atoms with Crippen LogP contribution in [0, 0.1) is 13.2 Å². The molecule has 2 radical (unpaired) electrons. The fourth-order valence-electron chi connectivity index (χ4n) is 3.37. The second-order valence-electron chi connectivity index (χ2n) is 7.05. The van der Waals surface area contributed by atoms with E-state index >= 15 is 0 Å². The van der Waals surface area contributed by atoms with Crippen molar-refractivity contribution in [2.75, 3.05) is 13.2 Å². The summed E-state index contributed by atoms with van der Waals surface area (Å²) in [7, 11) is 0. The monoisotopic (exact) mass is 378 g/mol. The quantitative estimate of drug-likeness (QED) is 0.563. The number of rotatable bonds is 4. The van der Waals surface area contributed by atoms with Gasteiger partial charge in [-0.15, -0.1) is 23.2 Å². The van der Waals surface area contributed by atoms with Crippen molar-refractivity contribution in [3.63, 3.8) is 0 Å². The van der Waals surface area contributed by atoms with Crippen LogP contribution in [-0.2, 0) is 14.2 Å². The SMILES string of the molecule is [CH2]CCC(Cl)(Cl)C[C]1OC2CCCCCCC(COCCCC2)O1. The van der Waals surface area contributed by atoms with Gasteiger partial charge in [-0.25, -0.2) is 0 Å². The van der Waals surface area contributed by atoms with E-state index in [4.69, 9.17) is 37.4 Å². The van der Waals surface area contributed by atoms with E-state index in [0.717, 1.165) is 45.1 Å². The van der Waals surface area contributed by atoms with E-state index < -0.39 is 4.33 Å². The molecule has 5 heteroatoms. The van der Waals surface area contributed by atoms with Crippen molar-refractivity contribution in [3.05, 3.63) is 13.2 Å². The lowest BCUT2D eigenvalue weighted by atomic mass is 10.0. The Morgan fingerprint density at radius 2 is 1.54 bits per heavy atom. The second kappa shape index (κ2) is 11.2. The molecule has 2 aliphatic heterocycles. The fraction of sp³-hybridized carbons (Fsp3) is 0.895. The Bertz CT molecular complexity index is 301. The normalized spacial score (nSPS) is 29.1. The van der Waals surface area contributed by atoms with Crippen molar-refractivity contribution in [3.8, 4) is 0 Å². The van der Waals surface area contributed by atoms with Gasteiger partial charge in [0.15, 0.2) is 0 Å². The minimum atomic E-state index is -0.882. The number of hydrogen-bond donors (Lipinski definition) is 0. The van der Waals surface area contributed by atoms with Crippen molar-refractivity contribution in [1.29, 1.82) is 0 Å². The Hall–Kier alpha value is 0.460. The van der Waals surface area contributed by atoms with Gasteiger partial charge in [-0.1, -0.05) is 39.0 Å².